The van der Waals surface area contributed by atoms with Crippen LogP contribution in [0.5, 0.6) is 0 Å². The molecule has 3 aromatic rings. The lowest BCUT2D eigenvalue weighted by atomic mass is 10.0. The molecule has 1 aliphatic heterocycles. The Labute approximate surface area is 208 Å². The van der Waals surface area contributed by atoms with Crippen molar-refractivity contribution >= 4 is 28.2 Å². The number of rotatable bonds is 7. The number of aryl methyl sites for hydroxylation is 2. The molecule has 0 amide bonds. The second kappa shape index (κ2) is 10.7. The first kappa shape index (κ1) is 24.4. The van der Waals surface area contributed by atoms with Gasteiger partial charge in [-0.05, 0) is 87.1 Å². The molecule has 0 saturated carbocycles. The molecule has 5 nitrogen and oxygen atoms in total. The summed E-state index contributed by atoms with van der Waals surface area (Å²) in [5.74, 6) is 0. The fourth-order valence-corrected chi connectivity index (χ4v) is 5.30. The number of thiocarbonyl (C=S) groups is 1. The molecule has 2 atom stereocenters. The van der Waals surface area contributed by atoms with Crippen molar-refractivity contribution in [1.29, 1.82) is 0 Å². The molecule has 0 aliphatic carbocycles. The van der Waals surface area contributed by atoms with Crippen LogP contribution in [0.2, 0.25) is 0 Å². The summed E-state index contributed by atoms with van der Waals surface area (Å²) in [6, 6.07) is 17.1. The van der Waals surface area contributed by atoms with E-state index < -0.39 is 0 Å². The van der Waals surface area contributed by atoms with Crippen molar-refractivity contribution in [1.82, 2.24) is 20.1 Å². The van der Waals surface area contributed by atoms with Crippen molar-refractivity contribution in [3.8, 4) is 0 Å². The van der Waals surface area contributed by atoms with E-state index in [0.29, 0.717) is 17.7 Å². The molecule has 0 radical (unpaired) electrons. The zero-order valence-electron chi connectivity index (χ0n) is 20.7. The van der Waals surface area contributed by atoms with Crippen molar-refractivity contribution in [2.45, 2.75) is 59.2 Å². The summed E-state index contributed by atoms with van der Waals surface area (Å²) in [4.78, 5) is 20.9. The van der Waals surface area contributed by atoms with Crippen LogP contribution in [0.4, 0.5) is 0 Å². The molecular formula is C28H36N4OS. The minimum atomic E-state index is -0.0381. The maximum atomic E-state index is 13.1. The van der Waals surface area contributed by atoms with Crippen molar-refractivity contribution < 1.29 is 0 Å². The van der Waals surface area contributed by atoms with Gasteiger partial charge in [0.25, 0.3) is 5.56 Å². The van der Waals surface area contributed by atoms with E-state index in [0.717, 1.165) is 48.1 Å². The van der Waals surface area contributed by atoms with Crippen LogP contribution in [-0.4, -0.2) is 45.6 Å². The number of nitrogens with one attached hydrogen (secondary N) is 2. The highest BCUT2D eigenvalue weighted by molar-refractivity contribution is 7.80. The zero-order chi connectivity index (χ0) is 24.2. The number of hydrogen-bond acceptors (Lipinski definition) is 3. The third kappa shape index (κ3) is 5.34. The van der Waals surface area contributed by atoms with Gasteiger partial charge in [0.05, 0.1) is 18.1 Å². The Hall–Kier alpha value is -2.70. The van der Waals surface area contributed by atoms with Crippen molar-refractivity contribution in [3.05, 3.63) is 81.1 Å². The number of likely N-dealkylation sites (N-methyl/N-ethyl adjacent to an activating group) is 1. The molecular weight excluding hydrogens is 440 g/mol. The van der Waals surface area contributed by atoms with Crippen molar-refractivity contribution in [2.24, 2.45) is 0 Å². The van der Waals surface area contributed by atoms with Crippen molar-refractivity contribution in [2.75, 3.05) is 19.6 Å². The molecule has 180 valence electrons. The zero-order valence-corrected chi connectivity index (χ0v) is 21.5. The van der Waals surface area contributed by atoms with Crippen LogP contribution in [0.3, 0.4) is 0 Å². The number of fused-ring (bicyclic) bond motifs is 1. The maximum absolute atomic E-state index is 13.1. The molecule has 0 bridgehead atoms. The third-order valence-electron chi connectivity index (χ3n) is 7.25. The fourth-order valence-electron chi connectivity index (χ4n) is 4.99. The molecule has 6 heteroatoms. The molecule has 0 unspecified atom stereocenters. The van der Waals surface area contributed by atoms with E-state index in [-0.39, 0.29) is 11.6 Å². The van der Waals surface area contributed by atoms with Crippen molar-refractivity contribution in [3.63, 3.8) is 0 Å². The Kier molecular flexibility index (Phi) is 7.69. The van der Waals surface area contributed by atoms with E-state index in [4.69, 9.17) is 12.2 Å². The van der Waals surface area contributed by atoms with Gasteiger partial charge in [-0.3, -0.25) is 9.69 Å². The van der Waals surface area contributed by atoms with Gasteiger partial charge in [0.2, 0.25) is 0 Å². The van der Waals surface area contributed by atoms with Gasteiger partial charge in [-0.25, -0.2) is 0 Å². The quantitative estimate of drug-likeness (QED) is 0.467. The molecule has 1 saturated heterocycles. The molecule has 4 rings (SSSR count). The highest BCUT2D eigenvalue weighted by atomic mass is 32.1. The number of likely N-dealkylation sites (tertiary alicyclic amines) is 1. The van der Waals surface area contributed by atoms with Gasteiger partial charge in [-0.1, -0.05) is 49.4 Å². The Morgan fingerprint density at radius 3 is 2.74 bits per heavy atom. The number of H-pyrrole nitrogens is 1. The third-order valence-corrected chi connectivity index (χ3v) is 7.63. The van der Waals surface area contributed by atoms with Gasteiger partial charge in [-0.2, -0.15) is 0 Å². The highest BCUT2D eigenvalue weighted by Crippen LogP contribution is 2.22. The first-order chi connectivity index (χ1) is 16.4. The Morgan fingerprint density at radius 1 is 1.24 bits per heavy atom. The monoisotopic (exact) mass is 476 g/mol. The van der Waals surface area contributed by atoms with Crippen LogP contribution in [0.1, 0.15) is 55.0 Å². The van der Waals surface area contributed by atoms with E-state index >= 15 is 0 Å². The first-order valence-electron chi connectivity index (χ1n) is 12.3. The predicted octanol–water partition coefficient (Wildman–Crippen LogP) is 5.07. The smallest absolute Gasteiger partial charge is 0.253 e. The Bertz CT molecular complexity index is 1210. The normalized spacial score (nSPS) is 17.1. The molecule has 2 N–H and O–H groups in total. The lowest BCUT2D eigenvalue weighted by molar-refractivity contribution is 0.218. The predicted molar refractivity (Wildman–Crippen MR) is 145 cm³/mol. The second-order valence-corrected chi connectivity index (χ2v) is 9.87. The lowest BCUT2D eigenvalue weighted by Gasteiger charge is -2.33. The number of aromatic amines is 1. The minimum Gasteiger partial charge on any atom is -0.356 e. The Morgan fingerprint density at radius 2 is 2.00 bits per heavy atom. The summed E-state index contributed by atoms with van der Waals surface area (Å²) in [7, 11) is 0. The van der Waals surface area contributed by atoms with E-state index in [1.54, 1.807) is 0 Å². The summed E-state index contributed by atoms with van der Waals surface area (Å²) in [5.41, 5.74) is 5.12. The molecule has 1 aromatic heterocycles. The molecule has 0 spiro atoms. The summed E-state index contributed by atoms with van der Waals surface area (Å²) in [6.45, 7) is 11.9. The van der Waals surface area contributed by atoms with E-state index in [9.17, 15) is 4.79 Å². The SMILES string of the molecule is CCN1CCC[C@H]1CN(Cc1cc2ccc(C)c(C)c2[nH]c1=O)C(=S)N[C@H](C)c1ccccc1. The van der Waals surface area contributed by atoms with Crippen LogP contribution < -0.4 is 10.9 Å². The minimum absolute atomic E-state index is 0.0381. The first-order valence-corrected chi connectivity index (χ1v) is 12.7. The highest BCUT2D eigenvalue weighted by Gasteiger charge is 2.27. The largest absolute Gasteiger partial charge is 0.356 e. The van der Waals surface area contributed by atoms with Gasteiger partial charge in [0, 0.05) is 18.2 Å². The molecule has 1 aliphatic rings. The molecule has 1 fully saturated rings. The number of benzene rings is 2. The van der Waals surface area contributed by atoms with Crippen LogP contribution in [0.25, 0.3) is 10.9 Å². The topological polar surface area (TPSA) is 51.4 Å². The summed E-state index contributed by atoms with van der Waals surface area (Å²) < 4.78 is 0. The Balaban J connectivity index is 1.61. The average Bonchev–Trinajstić information content (AvgIpc) is 3.29. The van der Waals surface area contributed by atoms with Crippen LogP contribution in [-0.2, 0) is 6.54 Å². The number of nitrogens with zero attached hydrogens (tertiary/aromatic N) is 2. The van der Waals surface area contributed by atoms with Crippen LogP contribution in [0.15, 0.2) is 53.3 Å². The summed E-state index contributed by atoms with van der Waals surface area (Å²) >= 11 is 5.92. The molecule has 2 heterocycles. The fraction of sp³-hybridized carbons (Fsp3) is 0.429. The number of hydrogen-bond donors (Lipinski definition) is 2. The average molecular weight is 477 g/mol. The van der Waals surface area contributed by atoms with Gasteiger partial charge in [0.1, 0.15) is 0 Å². The maximum Gasteiger partial charge on any atom is 0.253 e. The standard InChI is InChI=1S/C28H36N4OS/c1-5-31-15-9-12-25(31)18-32(28(34)29-21(4)22-10-7-6-8-11-22)17-24-16-23-14-13-19(2)20(3)26(23)30-27(24)33/h6-8,10-11,13-14,16,21,25H,5,9,12,15,17-18H2,1-4H3,(H,29,34)(H,30,33)/t21-,25+/m1/s1. The lowest BCUT2D eigenvalue weighted by Crippen LogP contribution is -2.47. The molecule has 2 aromatic carbocycles. The number of pyridine rings is 1. The van der Waals surface area contributed by atoms with Crippen LogP contribution in [0, 0.1) is 13.8 Å². The van der Waals surface area contributed by atoms with Gasteiger partial charge in [0.15, 0.2) is 5.11 Å². The van der Waals surface area contributed by atoms with E-state index in [2.05, 4.69) is 72.1 Å². The molecule has 34 heavy (non-hydrogen) atoms. The second-order valence-electron chi connectivity index (χ2n) is 9.48. The van der Waals surface area contributed by atoms with Gasteiger partial charge >= 0.3 is 0 Å². The summed E-state index contributed by atoms with van der Waals surface area (Å²) in [6.07, 6.45) is 2.37. The number of aromatic nitrogens is 1. The van der Waals surface area contributed by atoms with Gasteiger partial charge < -0.3 is 15.2 Å². The van der Waals surface area contributed by atoms with E-state index in [1.807, 2.05) is 24.3 Å². The van der Waals surface area contributed by atoms with Gasteiger partial charge in [-0.15, -0.1) is 0 Å². The van der Waals surface area contributed by atoms with E-state index in [1.165, 1.54) is 17.5 Å². The summed E-state index contributed by atoms with van der Waals surface area (Å²) in [5, 5.41) is 5.28. The van der Waals surface area contributed by atoms with Crippen LogP contribution >= 0.6 is 12.2 Å².